The molecule has 1 aliphatic heterocycles. The summed E-state index contributed by atoms with van der Waals surface area (Å²) in [5, 5.41) is 2.11. The highest BCUT2D eigenvalue weighted by Crippen LogP contribution is 2.09. The van der Waals surface area contributed by atoms with Gasteiger partial charge in [0.1, 0.15) is 0 Å². The molecule has 5 nitrogen and oxygen atoms in total. The van der Waals surface area contributed by atoms with Crippen LogP contribution in [0.5, 0.6) is 0 Å². The maximum Gasteiger partial charge on any atom is 0.309 e. The summed E-state index contributed by atoms with van der Waals surface area (Å²) in [5.74, 6) is -1.19. The Balaban J connectivity index is 2.57. The van der Waals surface area contributed by atoms with Gasteiger partial charge in [0.15, 0.2) is 0 Å². The first-order valence-electron chi connectivity index (χ1n) is 3.73. The highest BCUT2D eigenvalue weighted by Gasteiger charge is 2.23. The number of ether oxygens (including phenoxy) is 1. The van der Waals surface area contributed by atoms with Gasteiger partial charge in [-0.2, -0.15) is 0 Å². The lowest BCUT2D eigenvalue weighted by molar-refractivity contribution is -0.139. The molecule has 1 rings (SSSR count). The Hall–Kier alpha value is -1.65. The van der Waals surface area contributed by atoms with Crippen LogP contribution in [0.4, 0.5) is 0 Å². The summed E-state index contributed by atoms with van der Waals surface area (Å²) in [4.78, 5) is 32.3. The van der Waals surface area contributed by atoms with Crippen LogP contribution in [0.15, 0.2) is 11.6 Å². The fourth-order valence-corrected chi connectivity index (χ4v) is 0.959. The van der Waals surface area contributed by atoms with Crippen LogP contribution in [0.2, 0.25) is 0 Å². The SMILES string of the molecule is COC(=O)CC=C1CC(=O)NC1=O. The summed E-state index contributed by atoms with van der Waals surface area (Å²) in [6.07, 6.45) is 1.48. The highest BCUT2D eigenvalue weighted by molar-refractivity contribution is 6.13. The van der Waals surface area contributed by atoms with E-state index >= 15 is 0 Å². The number of rotatable bonds is 2. The van der Waals surface area contributed by atoms with E-state index in [0.717, 1.165) is 0 Å². The summed E-state index contributed by atoms with van der Waals surface area (Å²) in [6, 6.07) is 0. The molecule has 0 bridgehead atoms. The van der Waals surface area contributed by atoms with Gasteiger partial charge in [-0.05, 0) is 0 Å². The molecule has 0 unspecified atom stereocenters. The Morgan fingerprint density at radius 2 is 2.31 bits per heavy atom. The number of methoxy groups -OCH3 is 1. The van der Waals surface area contributed by atoms with Crippen molar-refractivity contribution < 1.29 is 19.1 Å². The zero-order valence-corrected chi connectivity index (χ0v) is 7.12. The second-order valence-electron chi connectivity index (χ2n) is 2.56. The van der Waals surface area contributed by atoms with E-state index < -0.39 is 11.9 Å². The Labute approximate surface area is 74.7 Å². The zero-order chi connectivity index (χ0) is 9.84. The Morgan fingerprint density at radius 3 is 2.77 bits per heavy atom. The molecule has 70 valence electrons. The summed E-state index contributed by atoms with van der Waals surface area (Å²) < 4.78 is 4.37. The lowest BCUT2D eigenvalue weighted by Crippen LogP contribution is -2.19. The number of nitrogens with one attached hydrogen (secondary N) is 1. The molecule has 0 aromatic carbocycles. The molecule has 0 atom stereocenters. The average molecular weight is 183 g/mol. The minimum atomic E-state index is -0.431. The van der Waals surface area contributed by atoms with Crippen molar-refractivity contribution in [1.29, 1.82) is 0 Å². The summed E-state index contributed by atoms with van der Waals surface area (Å²) in [6.45, 7) is 0. The average Bonchev–Trinajstić information content (AvgIpc) is 2.41. The van der Waals surface area contributed by atoms with E-state index in [1.54, 1.807) is 0 Å². The summed E-state index contributed by atoms with van der Waals surface area (Å²) in [5.41, 5.74) is 0.329. The number of amides is 2. The Kier molecular flexibility index (Phi) is 2.79. The van der Waals surface area contributed by atoms with Crippen LogP contribution in [0.3, 0.4) is 0 Å². The van der Waals surface area contributed by atoms with E-state index in [-0.39, 0.29) is 18.7 Å². The summed E-state index contributed by atoms with van der Waals surface area (Å²) in [7, 11) is 1.26. The molecule has 1 heterocycles. The van der Waals surface area contributed by atoms with E-state index in [1.165, 1.54) is 13.2 Å². The molecule has 0 radical (unpaired) electrons. The fraction of sp³-hybridized carbons (Fsp3) is 0.375. The first kappa shape index (κ1) is 9.44. The molecule has 0 aromatic heterocycles. The van der Waals surface area contributed by atoms with Gasteiger partial charge in [0, 0.05) is 5.57 Å². The molecule has 0 saturated carbocycles. The molecule has 0 spiro atoms. The molecule has 13 heavy (non-hydrogen) atoms. The quantitative estimate of drug-likeness (QED) is 0.356. The second kappa shape index (κ2) is 3.84. The molecule has 1 fully saturated rings. The first-order valence-corrected chi connectivity index (χ1v) is 3.73. The molecule has 1 N–H and O–H groups in total. The lowest BCUT2D eigenvalue weighted by atomic mass is 10.2. The van der Waals surface area contributed by atoms with E-state index in [4.69, 9.17) is 0 Å². The third kappa shape index (κ3) is 2.40. The minimum absolute atomic E-state index is 0.0204. The van der Waals surface area contributed by atoms with Crippen LogP contribution in [0.1, 0.15) is 12.8 Å². The van der Waals surface area contributed by atoms with E-state index in [2.05, 4.69) is 10.1 Å². The van der Waals surface area contributed by atoms with Gasteiger partial charge in [0.25, 0.3) is 5.91 Å². The zero-order valence-electron chi connectivity index (χ0n) is 7.12. The van der Waals surface area contributed by atoms with E-state index in [9.17, 15) is 14.4 Å². The molecule has 1 aliphatic rings. The van der Waals surface area contributed by atoms with Crippen molar-refractivity contribution in [3.05, 3.63) is 11.6 Å². The summed E-state index contributed by atoms with van der Waals surface area (Å²) >= 11 is 0. The number of hydrogen-bond donors (Lipinski definition) is 1. The van der Waals surface area contributed by atoms with Crippen molar-refractivity contribution in [2.45, 2.75) is 12.8 Å². The number of carbonyl (C=O) groups excluding carboxylic acids is 3. The van der Waals surface area contributed by atoms with Gasteiger partial charge >= 0.3 is 5.97 Å². The normalized spacial score (nSPS) is 19.0. The van der Waals surface area contributed by atoms with Crippen LogP contribution < -0.4 is 5.32 Å². The Bertz CT molecular complexity index is 293. The van der Waals surface area contributed by atoms with Crippen molar-refractivity contribution in [1.82, 2.24) is 5.32 Å². The molecular formula is C8H9NO4. The van der Waals surface area contributed by atoms with Crippen molar-refractivity contribution in [3.8, 4) is 0 Å². The van der Waals surface area contributed by atoms with Crippen LogP contribution in [0, 0.1) is 0 Å². The van der Waals surface area contributed by atoms with Crippen LogP contribution in [0.25, 0.3) is 0 Å². The molecular weight excluding hydrogens is 174 g/mol. The van der Waals surface area contributed by atoms with Crippen molar-refractivity contribution in [2.75, 3.05) is 7.11 Å². The fourth-order valence-electron chi connectivity index (χ4n) is 0.959. The maximum atomic E-state index is 10.9. The van der Waals surface area contributed by atoms with Crippen molar-refractivity contribution in [2.24, 2.45) is 0 Å². The van der Waals surface area contributed by atoms with Crippen LogP contribution in [-0.4, -0.2) is 24.9 Å². The lowest BCUT2D eigenvalue weighted by Gasteiger charge is -1.93. The number of imide groups is 1. The largest absolute Gasteiger partial charge is 0.469 e. The highest BCUT2D eigenvalue weighted by atomic mass is 16.5. The third-order valence-electron chi connectivity index (χ3n) is 1.64. The van der Waals surface area contributed by atoms with Gasteiger partial charge in [-0.1, -0.05) is 6.08 Å². The molecule has 1 saturated heterocycles. The number of carbonyl (C=O) groups is 3. The van der Waals surface area contributed by atoms with Gasteiger partial charge < -0.3 is 4.74 Å². The van der Waals surface area contributed by atoms with Gasteiger partial charge in [0.2, 0.25) is 5.91 Å². The molecule has 0 aromatic rings. The van der Waals surface area contributed by atoms with Gasteiger partial charge in [-0.15, -0.1) is 0 Å². The van der Waals surface area contributed by atoms with Crippen LogP contribution in [-0.2, 0) is 19.1 Å². The third-order valence-corrected chi connectivity index (χ3v) is 1.64. The minimum Gasteiger partial charge on any atom is -0.469 e. The standard InChI is InChI=1S/C8H9NO4/c1-13-7(11)3-2-5-4-6(10)9-8(5)12/h2H,3-4H2,1H3,(H,9,10,12). The molecule has 0 aliphatic carbocycles. The second-order valence-corrected chi connectivity index (χ2v) is 2.56. The van der Waals surface area contributed by atoms with Crippen LogP contribution >= 0.6 is 0 Å². The first-order chi connectivity index (χ1) is 6.13. The topological polar surface area (TPSA) is 72.5 Å². The van der Waals surface area contributed by atoms with E-state index in [0.29, 0.717) is 5.57 Å². The van der Waals surface area contributed by atoms with Gasteiger partial charge in [0.05, 0.1) is 20.0 Å². The van der Waals surface area contributed by atoms with Crippen molar-refractivity contribution in [3.63, 3.8) is 0 Å². The smallest absolute Gasteiger partial charge is 0.309 e. The van der Waals surface area contributed by atoms with Crippen molar-refractivity contribution >= 4 is 17.8 Å². The monoisotopic (exact) mass is 183 g/mol. The maximum absolute atomic E-state index is 10.9. The van der Waals surface area contributed by atoms with Gasteiger partial charge in [-0.25, -0.2) is 0 Å². The Morgan fingerprint density at radius 1 is 1.62 bits per heavy atom. The number of esters is 1. The van der Waals surface area contributed by atoms with E-state index in [1.807, 2.05) is 0 Å². The predicted molar refractivity (Wildman–Crippen MR) is 42.5 cm³/mol. The molecule has 2 amide bonds. The predicted octanol–water partition coefficient (Wildman–Crippen LogP) is -0.478. The molecule has 5 heteroatoms. The van der Waals surface area contributed by atoms with Gasteiger partial charge in [-0.3, -0.25) is 19.7 Å². The number of hydrogen-bond acceptors (Lipinski definition) is 4.